The molecular weight excluding hydrogens is 370 g/mol. The average molecular weight is 384 g/mol. The van der Waals surface area contributed by atoms with Gasteiger partial charge >= 0.3 is 0 Å². The zero-order chi connectivity index (χ0) is 18.8. The summed E-state index contributed by atoms with van der Waals surface area (Å²) in [5.41, 5.74) is 0.487. The van der Waals surface area contributed by atoms with Gasteiger partial charge in [-0.05, 0) is 36.2 Å². The minimum Gasteiger partial charge on any atom is -0.373 e. The fourth-order valence-electron chi connectivity index (χ4n) is 3.70. The lowest BCUT2D eigenvalue weighted by Gasteiger charge is -2.21. The first-order chi connectivity index (χ1) is 13.0. The van der Waals surface area contributed by atoms with Crippen LogP contribution < -0.4 is 0 Å². The Hall–Kier alpha value is -2.84. The van der Waals surface area contributed by atoms with Crippen LogP contribution in [0.5, 0.6) is 0 Å². The number of fused-ring (bicyclic) bond motifs is 1. The molecule has 1 saturated carbocycles. The molecule has 2 aliphatic rings. The number of carbonyl (C=O) groups excluding carboxylic acids is 1. The molecule has 4 heterocycles. The molecule has 0 aromatic carbocycles. The van der Waals surface area contributed by atoms with E-state index < -0.39 is 5.60 Å². The zero-order valence-corrected chi connectivity index (χ0v) is 15.0. The number of carbonyl (C=O) groups is 1. The van der Waals surface area contributed by atoms with Gasteiger partial charge in [-0.1, -0.05) is 11.2 Å². The lowest BCUT2D eigenvalue weighted by molar-refractivity contribution is -0.149. The van der Waals surface area contributed by atoms with E-state index in [-0.39, 0.29) is 28.9 Å². The quantitative estimate of drug-likeness (QED) is 0.688. The van der Waals surface area contributed by atoms with Crippen LogP contribution in [-0.2, 0) is 10.4 Å². The van der Waals surface area contributed by atoms with Gasteiger partial charge in [0, 0.05) is 31.3 Å². The van der Waals surface area contributed by atoms with Crippen LogP contribution in [0.25, 0.3) is 22.8 Å². The number of likely N-dealkylation sites (tertiary alicyclic amines) is 1. The van der Waals surface area contributed by atoms with Crippen molar-refractivity contribution >= 4 is 17.5 Å². The van der Waals surface area contributed by atoms with Crippen LogP contribution in [0, 0.1) is 5.92 Å². The van der Waals surface area contributed by atoms with Crippen LogP contribution in [0.15, 0.2) is 41.1 Å². The maximum atomic E-state index is 12.4. The smallest absolute Gasteiger partial charge is 0.262 e. The Kier molecular flexibility index (Phi) is 3.38. The molecule has 27 heavy (non-hydrogen) atoms. The second-order valence-corrected chi connectivity index (χ2v) is 7.13. The SMILES string of the molecule is CN1C(=O)[C@](O)(c2cc(-c3cccc(-c4ccnc(Cl)n4)n3)no2)[C@H]2C[C@H]21. The molecule has 3 atom stereocenters. The summed E-state index contributed by atoms with van der Waals surface area (Å²) in [6.07, 6.45) is 2.31. The van der Waals surface area contributed by atoms with Crippen molar-refractivity contribution in [3.05, 3.63) is 47.6 Å². The normalized spacial score (nSPS) is 26.3. The summed E-state index contributed by atoms with van der Waals surface area (Å²) < 4.78 is 5.35. The number of rotatable bonds is 3. The number of likely N-dealkylation sites (N-methyl/N-ethyl adjacent to an activating group) is 1. The molecule has 1 aliphatic carbocycles. The third-order valence-corrected chi connectivity index (χ3v) is 5.41. The number of halogens is 1. The molecule has 3 aromatic rings. The first-order valence-corrected chi connectivity index (χ1v) is 8.79. The summed E-state index contributed by atoms with van der Waals surface area (Å²) in [6, 6.07) is 8.71. The maximum absolute atomic E-state index is 12.4. The van der Waals surface area contributed by atoms with Gasteiger partial charge < -0.3 is 14.5 Å². The number of hydrogen-bond acceptors (Lipinski definition) is 7. The molecule has 1 N–H and O–H groups in total. The molecule has 0 bridgehead atoms. The van der Waals surface area contributed by atoms with Crippen molar-refractivity contribution < 1.29 is 14.4 Å². The first-order valence-electron chi connectivity index (χ1n) is 8.41. The molecule has 1 amide bonds. The van der Waals surface area contributed by atoms with E-state index in [4.69, 9.17) is 16.1 Å². The van der Waals surface area contributed by atoms with Crippen LogP contribution in [0.1, 0.15) is 12.2 Å². The van der Waals surface area contributed by atoms with Gasteiger partial charge in [0.15, 0.2) is 5.76 Å². The van der Waals surface area contributed by atoms with Gasteiger partial charge in [-0.3, -0.25) is 4.79 Å². The predicted octanol–water partition coefficient (Wildman–Crippen LogP) is 1.90. The summed E-state index contributed by atoms with van der Waals surface area (Å²) in [5, 5.41) is 15.1. The van der Waals surface area contributed by atoms with Crippen LogP contribution in [0.3, 0.4) is 0 Å². The molecule has 0 spiro atoms. The van der Waals surface area contributed by atoms with Crippen molar-refractivity contribution in [2.45, 2.75) is 18.1 Å². The Morgan fingerprint density at radius 3 is 2.67 bits per heavy atom. The highest BCUT2D eigenvalue weighted by Crippen LogP contribution is 2.55. The molecule has 3 aromatic heterocycles. The van der Waals surface area contributed by atoms with Gasteiger partial charge in [-0.2, -0.15) is 0 Å². The fraction of sp³-hybridized carbons (Fsp3) is 0.278. The second-order valence-electron chi connectivity index (χ2n) is 6.79. The van der Waals surface area contributed by atoms with Crippen molar-refractivity contribution in [2.24, 2.45) is 5.92 Å². The number of nitrogens with zero attached hydrogens (tertiary/aromatic N) is 5. The largest absolute Gasteiger partial charge is 0.373 e. The van der Waals surface area contributed by atoms with Gasteiger partial charge in [0.1, 0.15) is 5.69 Å². The van der Waals surface area contributed by atoms with Crippen molar-refractivity contribution in [1.29, 1.82) is 0 Å². The minimum atomic E-state index is -1.65. The fourth-order valence-corrected chi connectivity index (χ4v) is 3.85. The van der Waals surface area contributed by atoms with Gasteiger partial charge in [-0.15, -0.1) is 0 Å². The first kappa shape index (κ1) is 16.3. The third-order valence-electron chi connectivity index (χ3n) is 5.22. The van der Waals surface area contributed by atoms with Crippen LogP contribution >= 0.6 is 11.6 Å². The van der Waals surface area contributed by atoms with E-state index in [1.165, 1.54) is 0 Å². The maximum Gasteiger partial charge on any atom is 0.262 e. The monoisotopic (exact) mass is 383 g/mol. The standard InChI is InChI=1S/C18H14ClN5O3/c1-24-14-7-9(14)18(26,16(24)25)15-8-13(23-27-15)11-4-2-3-10(21-11)12-5-6-20-17(19)22-12/h2-6,8-9,14,26H,7H2,1H3/t9-,14+,18+/m0/s1. The third kappa shape index (κ3) is 2.37. The number of amides is 1. The van der Waals surface area contributed by atoms with Crippen molar-refractivity contribution in [3.8, 4) is 22.8 Å². The van der Waals surface area contributed by atoms with E-state index in [0.29, 0.717) is 22.8 Å². The lowest BCUT2D eigenvalue weighted by Crippen LogP contribution is -2.40. The highest BCUT2D eigenvalue weighted by Gasteiger charge is 2.68. The summed E-state index contributed by atoms with van der Waals surface area (Å²) in [5.74, 6) is -0.362. The van der Waals surface area contributed by atoms with Crippen LogP contribution in [0.2, 0.25) is 5.28 Å². The van der Waals surface area contributed by atoms with Crippen LogP contribution in [-0.4, -0.2) is 49.1 Å². The number of pyridine rings is 1. The molecule has 2 fully saturated rings. The van der Waals surface area contributed by atoms with Crippen LogP contribution in [0.4, 0.5) is 0 Å². The zero-order valence-electron chi connectivity index (χ0n) is 14.2. The predicted molar refractivity (Wildman–Crippen MR) is 94.3 cm³/mol. The highest BCUT2D eigenvalue weighted by atomic mass is 35.5. The Balaban J connectivity index is 1.51. The molecule has 1 aliphatic heterocycles. The molecule has 136 valence electrons. The summed E-state index contributed by atoms with van der Waals surface area (Å²) >= 11 is 5.84. The van der Waals surface area contributed by atoms with Gasteiger partial charge in [-0.25, -0.2) is 15.0 Å². The van der Waals surface area contributed by atoms with E-state index >= 15 is 0 Å². The molecule has 1 saturated heterocycles. The molecule has 0 unspecified atom stereocenters. The Morgan fingerprint density at radius 2 is 1.96 bits per heavy atom. The van der Waals surface area contributed by atoms with Gasteiger partial charge in [0.05, 0.1) is 17.1 Å². The van der Waals surface area contributed by atoms with Gasteiger partial charge in [0.25, 0.3) is 5.91 Å². The minimum absolute atomic E-state index is 0.0695. The van der Waals surface area contributed by atoms with E-state index in [0.717, 1.165) is 6.42 Å². The summed E-state index contributed by atoms with van der Waals surface area (Å²) in [6.45, 7) is 0. The van der Waals surface area contributed by atoms with E-state index in [2.05, 4.69) is 20.1 Å². The number of aromatic nitrogens is 4. The molecule has 8 nitrogen and oxygen atoms in total. The Labute approximate surface area is 158 Å². The average Bonchev–Trinajstić information content (AvgIpc) is 3.29. The number of hydrogen-bond donors (Lipinski definition) is 1. The second kappa shape index (κ2) is 5.58. The molecule has 5 rings (SSSR count). The highest BCUT2D eigenvalue weighted by molar-refractivity contribution is 6.28. The Morgan fingerprint density at radius 1 is 1.22 bits per heavy atom. The number of aliphatic hydroxyl groups is 1. The van der Waals surface area contributed by atoms with Crippen molar-refractivity contribution in [3.63, 3.8) is 0 Å². The van der Waals surface area contributed by atoms with Gasteiger partial charge in [0.2, 0.25) is 10.9 Å². The van der Waals surface area contributed by atoms with E-state index in [1.807, 2.05) is 6.07 Å². The van der Waals surface area contributed by atoms with E-state index in [9.17, 15) is 9.90 Å². The molecule has 0 radical (unpaired) electrons. The number of piperidine rings is 1. The molecule has 9 heteroatoms. The lowest BCUT2D eigenvalue weighted by atomic mass is 9.95. The van der Waals surface area contributed by atoms with E-state index in [1.54, 1.807) is 42.4 Å². The van der Waals surface area contributed by atoms with Crippen molar-refractivity contribution in [2.75, 3.05) is 7.05 Å². The topological polar surface area (TPSA) is 105 Å². The summed E-state index contributed by atoms with van der Waals surface area (Å²) in [4.78, 5) is 26.5. The van der Waals surface area contributed by atoms with Crippen molar-refractivity contribution in [1.82, 2.24) is 25.0 Å². The Bertz CT molecular complexity index is 1070. The molecular formula is C18H14ClN5O3. The summed E-state index contributed by atoms with van der Waals surface area (Å²) in [7, 11) is 1.69.